The maximum absolute atomic E-state index is 10.9. The van der Waals surface area contributed by atoms with E-state index in [4.69, 9.17) is 0 Å². The lowest BCUT2D eigenvalue weighted by molar-refractivity contribution is -0.384. The van der Waals surface area contributed by atoms with Crippen molar-refractivity contribution < 1.29 is 17.3 Å². The van der Waals surface area contributed by atoms with Gasteiger partial charge in [-0.1, -0.05) is 6.07 Å². The first kappa shape index (κ1) is 16.6. The highest BCUT2D eigenvalue weighted by atomic mass is 35.5. The van der Waals surface area contributed by atoms with Crippen LogP contribution in [0, 0.1) is 10.1 Å². The van der Waals surface area contributed by atoms with Crippen LogP contribution in [0.2, 0.25) is 0 Å². The maximum Gasteiger partial charge on any atom is 0.271 e. The first-order valence-electron chi connectivity index (χ1n) is 7.49. The van der Waals surface area contributed by atoms with Crippen LogP contribution < -0.4 is 17.7 Å². The van der Waals surface area contributed by atoms with Gasteiger partial charge in [-0.15, -0.1) is 11.3 Å². The van der Waals surface area contributed by atoms with Gasteiger partial charge in [0.1, 0.15) is 17.0 Å². The topological polar surface area (TPSA) is 81.0 Å². The number of fused-ring (bicyclic) bond motifs is 3. The third-order valence-electron chi connectivity index (χ3n) is 4.07. The third-order valence-corrected chi connectivity index (χ3v) is 5.27. The monoisotopic (exact) mass is 361 g/mol. The molecule has 0 aliphatic heterocycles. The summed E-state index contributed by atoms with van der Waals surface area (Å²) in [5.41, 5.74) is 2.06. The van der Waals surface area contributed by atoms with E-state index in [1.54, 1.807) is 29.8 Å². The number of halogens is 1. The molecule has 0 saturated carbocycles. The van der Waals surface area contributed by atoms with E-state index in [9.17, 15) is 10.1 Å². The van der Waals surface area contributed by atoms with Gasteiger partial charge in [0.15, 0.2) is 0 Å². The Morgan fingerprint density at radius 2 is 2.04 bits per heavy atom. The molecule has 1 N–H and O–H groups in total. The zero-order chi connectivity index (χ0) is 15.8. The van der Waals surface area contributed by atoms with Crippen molar-refractivity contribution in [2.24, 2.45) is 0 Å². The van der Waals surface area contributed by atoms with Crippen LogP contribution in [-0.2, 0) is 12.8 Å². The molecule has 1 aliphatic rings. The van der Waals surface area contributed by atoms with Crippen LogP contribution >= 0.6 is 11.3 Å². The molecular weight excluding hydrogens is 348 g/mol. The van der Waals surface area contributed by atoms with Crippen molar-refractivity contribution >= 4 is 38.7 Å². The van der Waals surface area contributed by atoms with Gasteiger partial charge in [0.2, 0.25) is 0 Å². The van der Waals surface area contributed by atoms with Gasteiger partial charge in [-0.3, -0.25) is 10.1 Å². The molecule has 0 bridgehead atoms. The summed E-state index contributed by atoms with van der Waals surface area (Å²) < 4.78 is 0. The lowest BCUT2D eigenvalue weighted by Crippen LogP contribution is -3.00. The predicted octanol–water partition coefficient (Wildman–Crippen LogP) is 1.23. The van der Waals surface area contributed by atoms with E-state index in [-0.39, 0.29) is 18.1 Å². The molecule has 24 heavy (non-hydrogen) atoms. The fraction of sp³-hybridized carbons (Fsp3) is 0.250. The molecule has 124 valence electrons. The summed E-state index contributed by atoms with van der Waals surface area (Å²) in [6.45, 7) is 0. The first-order chi connectivity index (χ1) is 11.2. The molecule has 2 heterocycles. The lowest BCUT2D eigenvalue weighted by Gasteiger charge is -2.12. The molecule has 0 fully saturated rings. The number of nitro benzene ring substituents is 1. The molecule has 0 amide bonds. The Labute approximate surface area is 148 Å². The molecule has 1 aliphatic carbocycles. The van der Waals surface area contributed by atoms with Crippen LogP contribution in [0.5, 0.6) is 0 Å². The summed E-state index contributed by atoms with van der Waals surface area (Å²) >= 11 is 1.73. The second-order valence-electron chi connectivity index (χ2n) is 5.55. The molecule has 8 heteroatoms. The highest BCUT2D eigenvalue weighted by Crippen LogP contribution is 2.38. The van der Waals surface area contributed by atoms with Crippen LogP contribution in [0.4, 0.5) is 17.2 Å². The van der Waals surface area contributed by atoms with Crippen molar-refractivity contribution in [3.8, 4) is 0 Å². The predicted molar refractivity (Wildman–Crippen MR) is 90.4 cm³/mol. The number of nitro groups is 1. The summed E-state index contributed by atoms with van der Waals surface area (Å²) in [7, 11) is 0. The molecule has 0 atom stereocenters. The number of non-ortho nitro benzene ring substituents is 1. The van der Waals surface area contributed by atoms with Gasteiger partial charge in [-0.25, -0.2) is 9.97 Å². The van der Waals surface area contributed by atoms with Crippen molar-refractivity contribution in [2.75, 3.05) is 5.32 Å². The summed E-state index contributed by atoms with van der Waals surface area (Å²) in [5, 5.41) is 15.2. The quantitative estimate of drug-likeness (QED) is 0.560. The normalized spacial score (nSPS) is 13.2. The molecule has 6 nitrogen and oxygen atoms in total. The van der Waals surface area contributed by atoms with E-state index in [0.29, 0.717) is 5.69 Å². The summed E-state index contributed by atoms with van der Waals surface area (Å²) in [5.74, 6) is 0.731. The molecule has 2 aromatic heterocycles. The summed E-state index contributed by atoms with van der Waals surface area (Å²) in [6, 6.07) is 6.47. The van der Waals surface area contributed by atoms with Crippen LogP contribution in [-0.4, -0.2) is 14.9 Å². The molecular formula is C16H14ClN4O2S-. The average molecular weight is 362 g/mol. The number of anilines is 2. The fourth-order valence-electron chi connectivity index (χ4n) is 3.02. The summed E-state index contributed by atoms with van der Waals surface area (Å²) in [4.78, 5) is 21.7. The van der Waals surface area contributed by atoms with Crippen LogP contribution in [0.15, 0.2) is 30.6 Å². The van der Waals surface area contributed by atoms with Gasteiger partial charge >= 0.3 is 0 Å². The Hall–Kier alpha value is -2.25. The average Bonchev–Trinajstić information content (AvgIpc) is 2.94. The van der Waals surface area contributed by atoms with Crippen LogP contribution in [0.25, 0.3) is 10.2 Å². The van der Waals surface area contributed by atoms with Crippen molar-refractivity contribution in [2.45, 2.75) is 25.7 Å². The van der Waals surface area contributed by atoms with Crippen molar-refractivity contribution in [1.82, 2.24) is 9.97 Å². The number of thiophene rings is 1. The van der Waals surface area contributed by atoms with Gasteiger partial charge in [0.05, 0.1) is 10.3 Å². The van der Waals surface area contributed by atoms with Crippen molar-refractivity contribution in [3.63, 3.8) is 0 Å². The first-order valence-corrected chi connectivity index (χ1v) is 8.31. The van der Waals surface area contributed by atoms with E-state index in [1.165, 1.54) is 35.4 Å². The van der Waals surface area contributed by atoms with E-state index in [2.05, 4.69) is 15.3 Å². The second kappa shape index (κ2) is 6.70. The Bertz CT molecular complexity index is 912. The number of aryl methyl sites for hydroxylation is 2. The molecule has 0 spiro atoms. The number of rotatable bonds is 3. The number of benzene rings is 1. The molecule has 3 aromatic rings. The Morgan fingerprint density at radius 3 is 2.88 bits per heavy atom. The number of nitrogens with one attached hydrogen (secondary N) is 1. The zero-order valence-corrected chi connectivity index (χ0v) is 14.2. The number of hydrogen-bond donors (Lipinski definition) is 1. The SMILES string of the molecule is O=[N+]([O-])c1cccc(Nc2ncnc3sc4c(c23)CCCC4)c1.[Cl-]. The third kappa shape index (κ3) is 2.92. The van der Waals surface area contributed by atoms with E-state index < -0.39 is 4.92 Å². The number of nitrogens with zero attached hydrogens (tertiary/aromatic N) is 3. The second-order valence-corrected chi connectivity index (χ2v) is 6.63. The molecule has 1 aromatic carbocycles. The summed E-state index contributed by atoms with van der Waals surface area (Å²) in [6.07, 6.45) is 6.10. The van der Waals surface area contributed by atoms with E-state index >= 15 is 0 Å². The van der Waals surface area contributed by atoms with Crippen molar-refractivity contribution in [1.29, 1.82) is 0 Å². The smallest absolute Gasteiger partial charge is 0.271 e. The molecule has 4 rings (SSSR count). The lowest BCUT2D eigenvalue weighted by atomic mass is 9.97. The van der Waals surface area contributed by atoms with Gasteiger partial charge in [-0.2, -0.15) is 0 Å². The molecule has 0 unspecified atom stereocenters. The van der Waals surface area contributed by atoms with E-state index in [1.807, 2.05) is 0 Å². The van der Waals surface area contributed by atoms with Crippen LogP contribution in [0.1, 0.15) is 23.3 Å². The Kier molecular flexibility index (Phi) is 4.64. The highest BCUT2D eigenvalue weighted by molar-refractivity contribution is 7.19. The molecule has 0 saturated heterocycles. The molecule has 0 radical (unpaired) electrons. The van der Waals surface area contributed by atoms with Gasteiger partial charge in [0, 0.05) is 22.7 Å². The van der Waals surface area contributed by atoms with E-state index in [0.717, 1.165) is 28.9 Å². The maximum atomic E-state index is 10.9. The van der Waals surface area contributed by atoms with Crippen LogP contribution in [0.3, 0.4) is 0 Å². The minimum absolute atomic E-state index is 0. The largest absolute Gasteiger partial charge is 1.00 e. The van der Waals surface area contributed by atoms with Gasteiger partial charge < -0.3 is 17.7 Å². The van der Waals surface area contributed by atoms with Gasteiger partial charge in [0.25, 0.3) is 5.69 Å². The standard InChI is InChI=1S/C16H14N4O2S.ClH/c21-20(22)11-5-3-4-10(8-11)19-15-14-12-6-1-2-7-13(12)23-16(14)18-9-17-15;/h3-5,8-9H,1-2,6-7H2,(H,17,18,19);1H/p-1. The minimum atomic E-state index is -0.396. The minimum Gasteiger partial charge on any atom is -1.00 e. The fourth-order valence-corrected chi connectivity index (χ4v) is 4.25. The highest BCUT2D eigenvalue weighted by Gasteiger charge is 2.20. The zero-order valence-electron chi connectivity index (χ0n) is 12.7. The van der Waals surface area contributed by atoms with Crippen molar-refractivity contribution in [3.05, 3.63) is 51.1 Å². The number of aromatic nitrogens is 2. The number of hydrogen-bond acceptors (Lipinski definition) is 6. The Morgan fingerprint density at radius 1 is 1.21 bits per heavy atom. The van der Waals surface area contributed by atoms with Gasteiger partial charge in [-0.05, 0) is 37.3 Å². The Balaban J connectivity index is 0.00000169.